The summed E-state index contributed by atoms with van der Waals surface area (Å²) in [5.74, 6) is 0. The van der Waals surface area contributed by atoms with Crippen molar-refractivity contribution in [3.63, 3.8) is 0 Å². The minimum atomic E-state index is 1.11. The van der Waals surface area contributed by atoms with Crippen LogP contribution in [0.25, 0.3) is 55.3 Å². The molecule has 0 unspecified atom stereocenters. The molecular formula is C46H33N. The van der Waals surface area contributed by atoms with E-state index in [-0.39, 0.29) is 0 Å². The molecule has 0 aliphatic rings. The fourth-order valence-corrected chi connectivity index (χ4v) is 6.50. The standard InChI is InChI=1S/C46H33N/c1-3-13-34(14-4-1)39-20-10-23-43(32-39)47(44-24-11-21-40(33-44)35-15-5-2-6-16-35)42-29-27-36(28-30-42)38-19-9-22-41(31-38)46-26-12-18-37-17-7-8-25-45(37)46/h1-33H. The largest absolute Gasteiger partial charge is 0.310 e. The first-order valence-corrected chi connectivity index (χ1v) is 16.1. The van der Waals surface area contributed by atoms with Crippen molar-refractivity contribution in [3.8, 4) is 44.5 Å². The quantitative estimate of drug-likeness (QED) is 0.176. The van der Waals surface area contributed by atoms with Gasteiger partial charge >= 0.3 is 0 Å². The highest BCUT2D eigenvalue weighted by molar-refractivity contribution is 5.97. The molecule has 8 aromatic rings. The molecule has 1 heteroatoms. The number of fused-ring (bicyclic) bond motifs is 1. The summed E-state index contributed by atoms with van der Waals surface area (Å²) in [5, 5.41) is 2.53. The highest BCUT2D eigenvalue weighted by atomic mass is 15.1. The Labute approximate surface area is 276 Å². The Morgan fingerprint density at radius 3 is 1.34 bits per heavy atom. The predicted octanol–water partition coefficient (Wildman–Crippen LogP) is 13.0. The maximum absolute atomic E-state index is 2.36. The second-order valence-electron chi connectivity index (χ2n) is 11.8. The van der Waals surface area contributed by atoms with Crippen LogP contribution in [0.15, 0.2) is 200 Å². The summed E-state index contributed by atoms with van der Waals surface area (Å²) in [4.78, 5) is 2.36. The Hall–Kier alpha value is -6.18. The molecule has 0 atom stereocenters. The fourth-order valence-electron chi connectivity index (χ4n) is 6.50. The van der Waals surface area contributed by atoms with Gasteiger partial charge in [0.1, 0.15) is 0 Å². The molecule has 0 saturated heterocycles. The molecule has 0 radical (unpaired) electrons. The van der Waals surface area contributed by atoms with Crippen LogP contribution < -0.4 is 4.90 Å². The lowest BCUT2D eigenvalue weighted by Gasteiger charge is -2.27. The van der Waals surface area contributed by atoms with Crippen LogP contribution >= 0.6 is 0 Å². The van der Waals surface area contributed by atoms with E-state index in [1.54, 1.807) is 0 Å². The second-order valence-corrected chi connectivity index (χ2v) is 11.8. The van der Waals surface area contributed by atoms with E-state index < -0.39 is 0 Å². The Balaban J connectivity index is 1.20. The molecule has 0 N–H and O–H groups in total. The molecule has 222 valence electrons. The van der Waals surface area contributed by atoms with Gasteiger partial charge in [0.2, 0.25) is 0 Å². The average molecular weight is 600 g/mol. The first kappa shape index (κ1) is 28.3. The van der Waals surface area contributed by atoms with E-state index in [4.69, 9.17) is 0 Å². The smallest absolute Gasteiger partial charge is 0.0467 e. The Bertz CT molecular complexity index is 2200. The number of rotatable bonds is 7. The first-order valence-electron chi connectivity index (χ1n) is 16.1. The van der Waals surface area contributed by atoms with Crippen molar-refractivity contribution < 1.29 is 0 Å². The summed E-state index contributed by atoms with van der Waals surface area (Å²) >= 11 is 0. The summed E-state index contributed by atoms with van der Waals surface area (Å²) in [6.45, 7) is 0. The third kappa shape index (κ3) is 5.83. The van der Waals surface area contributed by atoms with Gasteiger partial charge in [-0.05, 0) is 97.7 Å². The van der Waals surface area contributed by atoms with Crippen LogP contribution in [-0.2, 0) is 0 Å². The zero-order chi connectivity index (χ0) is 31.4. The minimum absolute atomic E-state index is 1.11. The molecule has 0 aromatic heterocycles. The number of hydrogen-bond acceptors (Lipinski definition) is 1. The first-order chi connectivity index (χ1) is 23.3. The van der Waals surface area contributed by atoms with E-state index >= 15 is 0 Å². The van der Waals surface area contributed by atoms with Crippen LogP contribution in [0.1, 0.15) is 0 Å². The number of hydrogen-bond donors (Lipinski definition) is 0. The van der Waals surface area contributed by atoms with Crippen molar-refractivity contribution >= 4 is 27.8 Å². The predicted molar refractivity (Wildman–Crippen MR) is 200 cm³/mol. The van der Waals surface area contributed by atoms with Gasteiger partial charge in [-0.15, -0.1) is 0 Å². The van der Waals surface area contributed by atoms with E-state index in [1.165, 1.54) is 55.3 Å². The van der Waals surface area contributed by atoms with Crippen molar-refractivity contribution in [2.75, 3.05) is 4.90 Å². The van der Waals surface area contributed by atoms with Gasteiger partial charge in [-0.1, -0.05) is 158 Å². The van der Waals surface area contributed by atoms with Gasteiger partial charge in [-0.3, -0.25) is 0 Å². The van der Waals surface area contributed by atoms with Gasteiger partial charge in [-0.2, -0.15) is 0 Å². The lowest BCUT2D eigenvalue weighted by Crippen LogP contribution is -2.10. The van der Waals surface area contributed by atoms with Crippen molar-refractivity contribution in [1.82, 2.24) is 0 Å². The van der Waals surface area contributed by atoms with Gasteiger partial charge in [0.25, 0.3) is 0 Å². The molecule has 0 fully saturated rings. The summed E-state index contributed by atoms with van der Waals surface area (Å²) in [6.07, 6.45) is 0. The van der Waals surface area contributed by atoms with Gasteiger partial charge in [0.15, 0.2) is 0 Å². The Kier molecular flexibility index (Phi) is 7.63. The van der Waals surface area contributed by atoms with Crippen LogP contribution in [0.2, 0.25) is 0 Å². The van der Waals surface area contributed by atoms with Crippen LogP contribution in [0, 0.1) is 0 Å². The van der Waals surface area contributed by atoms with Gasteiger partial charge < -0.3 is 4.90 Å². The topological polar surface area (TPSA) is 3.24 Å². The maximum atomic E-state index is 2.36. The molecule has 0 heterocycles. The molecular weight excluding hydrogens is 567 g/mol. The third-order valence-electron chi connectivity index (χ3n) is 8.84. The van der Waals surface area contributed by atoms with E-state index in [2.05, 4.69) is 205 Å². The third-order valence-corrected chi connectivity index (χ3v) is 8.84. The minimum Gasteiger partial charge on any atom is -0.310 e. The van der Waals surface area contributed by atoms with Crippen LogP contribution in [-0.4, -0.2) is 0 Å². The lowest BCUT2D eigenvalue weighted by molar-refractivity contribution is 1.28. The van der Waals surface area contributed by atoms with Crippen molar-refractivity contribution in [1.29, 1.82) is 0 Å². The SMILES string of the molecule is c1ccc(-c2cccc(N(c3ccc(-c4cccc(-c5cccc6ccccc56)c4)cc3)c3cccc(-c4ccccc4)c3)c2)cc1. The molecule has 0 spiro atoms. The molecule has 0 saturated carbocycles. The van der Waals surface area contributed by atoms with Crippen molar-refractivity contribution in [2.24, 2.45) is 0 Å². The molecule has 0 amide bonds. The average Bonchev–Trinajstić information content (AvgIpc) is 3.16. The highest BCUT2D eigenvalue weighted by Gasteiger charge is 2.15. The van der Waals surface area contributed by atoms with Gasteiger partial charge in [0, 0.05) is 17.1 Å². The fraction of sp³-hybridized carbons (Fsp3) is 0. The molecule has 0 aliphatic heterocycles. The molecule has 47 heavy (non-hydrogen) atoms. The van der Waals surface area contributed by atoms with Crippen molar-refractivity contribution in [3.05, 3.63) is 200 Å². The maximum Gasteiger partial charge on any atom is 0.0467 e. The Morgan fingerprint density at radius 2 is 0.702 bits per heavy atom. The molecule has 0 aliphatic carbocycles. The summed E-state index contributed by atoms with van der Waals surface area (Å²) in [6, 6.07) is 71.8. The van der Waals surface area contributed by atoms with Crippen LogP contribution in [0.3, 0.4) is 0 Å². The molecule has 8 aromatic carbocycles. The number of nitrogens with zero attached hydrogens (tertiary/aromatic N) is 1. The van der Waals surface area contributed by atoms with Crippen molar-refractivity contribution in [2.45, 2.75) is 0 Å². The van der Waals surface area contributed by atoms with Gasteiger partial charge in [0.05, 0.1) is 0 Å². The highest BCUT2D eigenvalue weighted by Crippen LogP contribution is 2.39. The molecule has 1 nitrogen and oxygen atoms in total. The zero-order valence-corrected chi connectivity index (χ0v) is 26.0. The summed E-state index contributed by atoms with van der Waals surface area (Å²) in [5.41, 5.74) is 13.0. The second kappa shape index (κ2) is 12.7. The van der Waals surface area contributed by atoms with Crippen LogP contribution in [0.4, 0.5) is 17.1 Å². The summed E-state index contributed by atoms with van der Waals surface area (Å²) in [7, 11) is 0. The monoisotopic (exact) mass is 599 g/mol. The number of benzene rings is 8. The van der Waals surface area contributed by atoms with E-state index in [0.717, 1.165) is 17.1 Å². The van der Waals surface area contributed by atoms with Crippen LogP contribution in [0.5, 0.6) is 0 Å². The summed E-state index contributed by atoms with van der Waals surface area (Å²) < 4.78 is 0. The Morgan fingerprint density at radius 1 is 0.255 bits per heavy atom. The van der Waals surface area contributed by atoms with Gasteiger partial charge in [-0.25, -0.2) is 0 Å². The van der Waals surface area contributed by atoms with E-state index in [9.17, 15) is 0 Å². The normalized spacial score (nSPS) is 11.0. The number of anilines is 3. The van der Waals surface area contributed by atoms with E-state index in [1.807, 2.05) is 0 Å². The molecule has 8 rings (SSSR count). The zero-order valence-electron chi connectivity index (χ0n) is 26.0. The molecule has 0 bridgehead atoms. The van der Waals surface area contributed by atoms with E-state index in [0.29, 0.717) is 0 Å². The lowest BCUT2D eigenvalue weighted by atomic mass is 9.95.